The van der Waals surface area contributed by atoms with Crippen LogP contribution in [-0.4, -0.2) is 20.8 Å². The molecule has 0 bridgehead atoms. The van der Waals surface area contributed by atoms with Gasteiger partial charge in [-0.05, 0) is 19.2 Å². The van der Waals surface area contributed by atoms with Crippen molar-refractivity contribution in [2.45, 2.75) is 12.5 Å². The number of ether oxygens (including phenoxy) is 2. The molecule has 0 fully saturated rings. The van der Waals surface area contributed by atoms with Gasteiger partial charge in [-0.25, -0.2) is 0 Å². The molecule has 2 rings (SSSR count). The van der Waals surface area contributed by atoms with E-state index in [1.807, 2.05) is 18.5 Å². The van der Waals surface area contributed by atoms with Gasteiger partial charge in [-0.15, -0.1) is 11.3 Å². The van der Waals surface area contributed by atoms with Crippen molar-refractivity contribution < 1.29 is 9.47 Å². The quantitative estimate of drug-likeness (QED) is 0.853. The lowest BCUT2D eigenvalue weighted by molar-refractivity contribution is 0.219. The summed E-state index contributed by atoms with van der Waals surface area (Å²) in [5.41, 5.74) is 0. The number of rotatable bonds is 4. The van der Waals surface area contributed by atoms with Gasteiger partial charge >= 0.3 is 0 Å². The molecule has 0 radical (unpaired) electrons. The minimum Gasteiger partial charge on any atom is -0.496 e. The molecule has 0 spiro atoms. The monoisotopic (exact) mass is 225 g/mol. The molecular weight excluding hydrogens is 210 g/mol. The molecule has 0 aromatic carbocycles. The summed E-state index contributed by atoms with van der Waals surface area (Å²) in [4.78, 5) is 1.22. The molecule has 1 aliphatic rings. The zero-order valence-corrected chi connectivity index (χ0v) is 9.76. The Hall–Kier alpha value is -1.00. The number of hydrogen-bond donors (Lipinski definition) is 1. The van der Waals surface area contributed by atoms with Crippen LogP contribution in [0.5, 0.6) is 5.75 Å². The van der Waals surface area contributed by atoms with E-state index >= 15 is 0 Å². The number of thiophene rings is 1. The van der Waals surface area contributed by atoms with E-state index in [-0.39, 0.29) is 6.04 Å². The van der Waals surface area contributed by atoms with Crippen molar-refractivity contribution >= 4 is 11.3 Å². The molecule has 15 heavy (non-hydrogen) atoms. The summed E-state index contributed by atoms with van der Waals surface area (Å²) in [6.07, 6.45) is 3.16. The summed E-state index contributed by atoms with van der Waals surface area (Å²) in [5.74, 6) is 1.94. The maximum Gasteiger partial charge on any atom is 0.129 e. The minimum absolute atomic E-state index is 0.168. The lowest BCUT2D eigenvalue weighted by Gasteiger charge is -2.15. The molecular formula is C11H15NO2S. The minimum atomic E-state index is 0.168. The Kier molecular flexibility index (Phi) is 3.28. The second-order valence-electron chi connectivity index (χ2n) is 3.35. The highest BCUT2D eigenvalue weighted by atomic mass is 32.1. The van der Waals surface area contributed by atoms with Gasteiger partial charge in [-0.1, -0.05) is 0 Å². The van der Waals surface area contributed by atoms with E-state index in [1.165, 1.54) is 4.88 Å². The van der Waals surface area contributed by atoms with Crippen molar-refractivity contribution in [3.63, 3.8) is 0 Å². The number of methoxy groups -OCH3 is 1. The molecule has 1 unspecified atom stereocenters. The van der Waals surface area contributed by atoms with E-state index in [0.717, 1.165) is 24.5 Å². The molecule has 82 valence electrons. The first-order chi connectivity index (χ1) is 7.35. The Morgan fingerprint density at radius 2 is 2.47 bits per heavy atom. The number of nitrogens with one attached hydrogen (secondary N) is 1. The van der Waals surface area contributed by atoms with E-state index in [9.17, 15) is 0 Å². The molecule has 4 heteroatoms. The smallest absolute Gasteiger partial charge is 0.129 e. The predicted octanol–water partition coefficient (Wildman–Crippen LogP) is 2.32. The zero-order valence-electron chi connectivity index (χ0n) is 8.95. The van der Waals surface area contributed by atoms with Gasteiger partial charge in [0.25, 0.3) is 0 Å². The van der Waals surface area contributed by atoms with Crippen LogP contribution in [-0.2, 0) is 4.74 Å². The van der Waals surface area contributed by atoms with Crippen LogP contribution < -0.4 is 10.1 Å². The number of hydrogen-bond acceptors (Lipinski definition) is 4. The molecule has 2 heterocycles. The Bertz CT molecular complexity index is 359. The second kappa shape index (κ2) is 4.68. The average molecular weight is 225 g/mol. The first kappa shape index (κ1) is 10.5. The first-order valence-corrected chi connectivity index (χ1v) is 5.85. The van der Waals surface area contributed by atoms with Gasteiger partial charge in [0.05, 0.1) is 19.8 Å². The summed E-state index contributed by atoms with van der Waals surface area (Å²) in [6, 6.07) is 2.22. The normalized spacial score (nSPS) is 17.1. The molecule has 1 aromatic heterocycles. The van der Waals surface area contributed by atoms with Crippen LogP contribution in [0.4, 0.5) is 0 Å². The van der Waals surface area contributed by atoms with Gasteiger partial charge in [0.1, 0.15) is 11.5 Å². The summed E-state index contributed by atoms with van der Waals surface area (Å²) < 4.78 is 10.7. The van der Waals surface area contributed by atoms with Gasteiger partial charge < -0.3 is 14.8 Å². The molecule has 0 amide bonds. The molecule has 1 aliphatic heterocycles. The van der Waals surface area contributed by atoms with Crippen molar-refractivity contribution in [1.29, 1.82) is 0 Å². The van der Waals surface area contributed by atoms with E-state index < -0.39 is 0 Å². The maximum atomic E-state index is 5.57. The molecule has 0 aliphatic carbocycles. The summed E-state index contributed by atoms with van der Waals surface area (Å²) in [7, 11) is 3.63. The lowest BCUT2D eigenvalue weighted by atomic mass is 10.2. The van der Waals surface area contributed by atoms with Crippen LogP contribution in [0.25, 0.3) is 0 Å². The van der Waals surface area contributed by atoms with E-state index in [1.54, 1.807) is 18.4 Å². The van der Waals surface area contributed by atoms with Gasteiger partial charge in [0.2, 0.25) is 0 Å². The van der Waals surface area contributed by atoms with Crippen LogP contribution in [0.1, 0.15) is 17.3 Å². The number of likely N-dealkylation sites (N-methyl/N-ethyl adjacent to an activating group) is 1. The highest BCUT2D eigenvalue weighted by Gasteiger charge is 2.20. The van der Waals surface area contributed by atoms with Crippen LogP contribution in [0, 0.1) is 0 Å². The van der Waals surface area contributed by atoms with E-state index in [0.29, 0.717) is 0 Å². The molecule has 1 aromatic rings. The average Bonchev–Trinajstić information content (AvgIpc) is 2.89. The first-order valence-electron chi connectivity index (χ1n) is 4.97. The third-order valence-corrected chi connectivity index (χ3v) is 3.40. The van der Waals surface area contributed by atoms with Crippen LogP contribution in [0.2, 0.25) is 0 Å². The van der Waals surface area contributed by atoms with Crippen LogP contribution in [0.3, 0.4) is 0 Å². The summed E-state index contributed by atoms with van der Waals surface area (Å²) in [6.45, 7) is 0.802. The third kappa shape index (κ3) is 2.16. The molecule has 1 N–H and O–H groups in total. The Labute approximate surface area is 93.7 Å². The fraction of sp³-hybridized carbons (Fsp3) is 0.455. The Morgan fingerprint density at radius 3 is 3.00 bits per heavy atom. The second-order valence-corrected chi connectivity index (χ2v) is 4.30. The highest BCUT2D eigenvalue weighted by Crippen LogP contribution is 2.32. The van der Waals surface area contributed by atoms with Crippen molar-refractivity contribution in [2.75, 3.05) is 20.8 Å². The molecule has 1 atom stereocenters. The van der Waals surface area contributed by atoms with Crippen LogP contribution >= 0.6 is 11.3 Å². The predicted molar refractivity (Wildman–Crippen MR) is 61.3 cm³/mol. The van der Waals surface area contributed by atoms with Crippen molar-refractivity contribution in [2.24, 2.45) is 0 Å². The Morgan fingerprint density at radius 1 is 1.60 bits per heavy atom. The van der Waals surface area contributed by atoms with Crippen molar-refractivity contribution in [1.82, 2.24) is 5.32 Å². The van der Waals surface area contributed by atoms with Gasteiger partial charge in [-0.2, -0.15) is 0 Å². The highest BCUT2D eigenvalue weighted by molar-refractivity contribution is 7.10. The van der Waals surface area contributed by atoms with Gasteiger partial charge in [0.15, 0.2) is 0 Å². The van der Waals surface area contributed by atoms with Crippen molar-refractivity contribution in [3.8, 4) is 5.75 Å². The molecule has 0 saturated heterocycles. The topological polar surface area (TPSA) is 30.5 Å². The van der Waals surface area contributed by atoms with Crippen molar-refractivity contribution in [3.05, 3.63) is 28.2 Å². The van der Waals surface area contributed by atoms with E-state index in [4.69, 9.17) is 9.47 Å². The third-order valence-electron chi connectivity index (χ3n) is 2.42. The van der Waals surface area contributed by atoms with Crippen LogP contribution in [0.15, 0.2) is 23.3 Å². The van der Waals surface area contributed by atoms with Gasteiger partial charge in [0, 0.05) is 16.7 Å². The lowest BCUT2D eigenvalue weighted by Crippen LogP contribution is -2.17. The molecule has 3 nitrogen and oxygen atoms in total. The summed E-state index contributed by atoms with van der Waals surface area (Å²) in [5, 5.41) is 5.27. The van der Waals surface area contributed by atoms with Gasteiger partial charge in [-0.3, -0.25) is 0 Å². The fourth-order valence-corrected chi connectivity index (χ4v) is 2.63. The maximum absolute atomic E-state index is 5.57. The SMILES string of the molecule is CNC(C1=CCCO1)c1cc(OC)cs1. The largest absolute Gasteiger partial charge is 0.496 e. The molecule has 0 saturated carbocycles. The standard InChI is InChI=1S/C11H15NO2S/c1-12-11(9-4-3-5-14-9)10-6-8(13-2)7-15-10/h4,6-7,11-12H,3,5H2,1-2H3. The Balaban J connectivity index is 2.18. The van der Waals surface area contributed by atoms with E-state index in [2.05, 4.69) is 11.4 Å². The summed E-state index contributed by atoms with van der Waals surface area (Å²) >= 11 is 1.69. The fourth-order valence-electron chi connectivity index (χ4n) is 1.66. The zero-order chi connectivity index (χ0) is 10.7.